The molecule has 2 rings (SSSR count). The number of aromatic nitrogens is 3. The van der Waals surface area contributed by atoms with E-state index < -0.39 is 22.7 Å². The molecule has 0 amide bonds. The molecule has 1 atom stereocenters. The predicted molar refractivity (Wildman–Crippen MR) is 91.7 cm³/mol. The van der Waals surface area contributed by atoms with Crippen LogP contribution in [0.15, 0.2) is 30.9 Å². The fourth-order valence-electron chi connectivity index (χ4n) is 2.53. The zero-order valence-corrected chi connectivity index (χ0v) is 15.1. The number of benzene rings is 1. The molecule has 0 saturated heterocycles. The minimum atomic E-state index is -1.57. The molecule has 4 nitrogen and oxygen atoms in total. The molecule has 1 aromatic heterocycles. The van der Waals surface area contributed by atoms with Gasteiger partial charge in [0.05, 0.1) is 6.54 Å². The van der Waals surface area contributed by atoms with Gasteiger partial charge in [0.15, 0.2) is 0 Å². The van der Waals surface area contributed by atoms with Gasteiger partial charge in [-0.2, -0.15) is 16.9 Å². The number of rotatable bonds is 7. The highest BCUT2D eigenvalue weighted by Crippen LogP contribution is 2.44. The second-order valence-corrected chi connectivity index (χ2v) is 8.39. The van der Waals surface area contributed by atoms with Gasteiger partial charge in [-0.3, -0.25) is 0 Å². The summed E-state index contributed by atoms with van der Waals surface area (Å²) in [5, 5.41) is 15.9. The van der Waals surface area contributed by atoms with Crippen molar-refractivity contribution in [3.63, 3.8) is 0 Å². The van der Waals surface area contributed by atoms with E-state index >= 15 is 0 Å². The van der Waals surface area contributed by atoms with Crippen molar-refractivity contribution >= 4 is 11.8 Å². The number of thioether (sulfide) groups is 1. The Morgan fingerprint density at radius 2 is 2.00 bits per heavy atom. The van der Waals surface area contributed by atoms with E-state index in [1.54, 1.807) is 11.8 Å². The Morgan fingerprint density at radius 3 is 2.54 bits per heavy atom. The van der Waals surface area contributed by atoms with Crippen LogP contribution in [0, 0.1) is 17.0 Å². The molecule has 1 unspecified atom stereocenters. The smallest absolute Gasteiger partial charge is 0.137 e. The normalized spacial score (nSPS) is 14.8. The van der Waals surface area contributed by atoms with E-state index in [1.165, 1.54) is 23.4 Å². The van der Waals surface area contributed by atoms with Gasteiger partial charge in [-0.1, -0.05) is 33.8 Å². The zero-order valence-electron chi connectivity index (χ0n) is 14.3. The summed E-state index contributed by atoms with van der Waals surface area (Å²) in [7, 11) is 0. The summed E-state index contributed by atoms with van der Waals surface area (Å²) in [6.07, 6.45) is 2.83. The maximum Gasteiger partial charge on any atom is 0.137 e. The lowest BCUT2D eigenvalue weighted by molar-refractivity contribution is -0.0805. The van der Waals surface area contributed by atoms with Crippen LogP contribution < -0.4 is 0 Å². The highest BCUT2D eigenvalue weighted by Gasteiger charge is 2.47. The van der Waals surface area contributed by atoms with Gasteiger partial charge in [0.1, 0.15) is 29.9 Å². The molecule has 7 heteroatoms. The van der Waals surface area contributed by atoms with Crippen LogP contribution in [-0.2, 0) is 12.1 Å². The molecule has 0 saturated carbocycles. The first-order chi connectivity index (χ1) is 11.2. The minimum Gasteiger partial charge on any atom is -0.383 e. The van der Waals surface area contributed by atoms with Gasteiger partial charge in [0, 0.05) is 22.8 Å². The molecule has 0 aliphatic rings. The highest BCUT2D eigenvalue weighted by atomic mass is 32.2. The van der Waals surface area contributed by atoms with Crippen molar-refractivity contribution in [1.29, 1.82) is 0 Å². The molecule has 1 heterocycles. The van der Waals surface area contributed by atoms with E-state index in [2.05, 4.69) is 23.9 Å². The maximum absolute atomic E-state index is 14.5. The van der Waals surface area contributed by atoms with Crippen molar-refractivity contribution in [2.45, 2.75) is 45.1 Å². The molecule has 132 valence electrons. The van der Waals surface area contributed by atoms with E-state index in [4.69, 9.17) is 0 Å². The van der Waals surface area contributed by atoms with Gasteiger partial charge in [-0.05, 0) is 11.3 Å². The summed E-state index contributed by atoms with van der Waals surface area (Å²) in [6.45, 7) is 7.91. The Kier molecular flexibility index (Phi) is 5.65. The van der Waals surface area contributed by atoms with Crippen molar-refractivity contribution in [2.24, 2.45) is 5.41 Å². The summed E-state index contributed by atoms with van der Waals surface area (Å²) in [4.78, 5) is 3.87. The third kappa shape index (κ3) is 3.95. The van der Waals surface area contributed by atoms with Crippen LogP contribution in [0.5, 0.6) is 0 Å². The molecule has 0 bridgehead atoms. The second kappa shape index (κ2) is 7.19. The number of nitrogens with zero attached hydrogens (tertiary/aromatic N) is 3. The summed E-state index contributed by atoms with van der Waals surface area (Å²) >= 11 is 1.68. The van der Waals surface area contributed by atoms with Crippen molar-refractivity contribution in [3.8, 4) is 0 Å². The van der Waals surface area contributed by atoms with Gasteiger partial charge in [-0.15, -0.1) is 0 Å². The first kappa shape index (κ1) is 18.9. The van der Waals surface area contributed by atoms with Crippen LogP contribution >= 0.6 is 11.8 Å². The summed E-state index contributed by atoms with van der Waals surface area (Å²) in [6, 6.07) is 3.27. The van der Waals surface area contributed by atoms with Crippen LogP contribution in [-0.4, -0.2) is 30.9 Å². The number of hydrogen-bond donors (Lipinski definition) is 1. The van der Waals surface area contributed by atoms with E-state index in [-0.39, 0.29) is 12.1 Å². The SMILES string of the molecule is CC(C)SCC(C)(C)C(O)(Cn1cncn1)c1ccc(F)cc1F. The summed E-state index contributed by atoms with van der Waals surface area (Å²) < 4.78 is 29.2. The molecule has 0 spiro atoms. The standard InChI is InChI=1S/C17H23F2N3OS/c1-12(2)24-9-16(3,4)17(23,8-22-11-20-10-21-22)14-6-5-13(18)7-15(14)19/h5-7,10-12,23H,8-9H2,1-4H3. The van der Waals surface area contributed by atoms with E-state index in [0.29, 0.717) is 11.0 Å². The molecule has 1 aromatic carbocycles. The Hall–Kier alpha value is -1.47. The van der Waals surface area contributed by atoms with Crippen molar-refractivity contribution < 1.29 is 13.9 Å². The molecule has 1 N–H and O–H groups in total. The van der Waals surface area contributed by atoms with E-state index in [1.807, 2.05) is 13.8 Å². The lowest BCUT2D eigenvalue weighted by Crippen LogP contribution is -2.48. The van der Waals surface area contributed by atoms with Crippen molar-refractivity contribution in [2.75, 3.05) is 5.75 Å². The zero-order chi connectivity index (χ0) is 18.0. The highest BCUT2D eigenvalue weighted by molar-refractivity contribution is 7.99. The lowest BCUT2D eigenvalue weighted by atomic mass is 9.71. The number of hydrogen-bond acceptors (Lipinski definition) is 4. The van der Waals surface area contributed by atoms with Crippen LogP contribution in [0.4, 0.5) is 8.78 Å². The minimum absolute atomic E-state index is 0.0290. The molecule has 2 aromatic rings. The molecule has 0 aliphatic carbocycles. The second-order valence-electron chi connectivity index (χ2n) is 6.82. The Bertz CT molecular complexity index is 676. The summed E-state index contributed by atoms with van der Waals surface area (Å²) in [5.41, 5.74) is -2.19. The van der Waals surface area contributed by atoms with Gasteiger partial charge in [0.2, 0.25) is 0 Å². The lowest BCUT2D eigenvalue weighted by Gasteiger charge is -2.43. The van der Waals surface area contributed by atoms with Gasteiger partial charge < -0.3 is 5.11 Å². The van der Waals surface area contributed by atoms with E-state index in [9.17, 15) is 13.9 Å². The number of aliphatic hydroxyl groups is 1. The van der Waals surface area contributed by atoms with Crippen molar-refractivity contribution in [3.05, 3.63) is 48.1 Å². The van der Waals surface area contributed by atoms with Gasteiger partial charge in [-0.25, -0.2) is 18.4 Å². The number of halogens is 2. The van der Waals surface area contributed by atoms with Crippen LogP contribution in [0.3, 0.4) is 0 Å². The van der Waals surface area contributed by atoms with Crippen LogP contribution in [0.25, 0.3) is 0 Å². The van der Waals surface area contributed by atoms with Crippen molar-refractivity contribution in [1.82, 2.24) is 14.8 Å². The molecular weight excluding hydrogens is 332 g/mol. The Morgan fingerprint density at radius 1 is 1.29 bits per heavy atom. The predicted octanol–water partition coefficient (Wildman–Crippen LogP) is 3.61. The average Bonchev–Trinajstić information content (AvgIpc) is 2.97. The fraction of sp³-hybridized carbons (Fsp3) is 0.529. The molecule has 0 radical (unpaired) electrons. The molecule has 24 heavy (non-hydrogen) atoms. The quantitative estimate of drug-likeness (QED) is 0.824. The van der Waals surface area contributed by atoms with Crippen LogP contribution in [0.1, 0.15) is 33.3 Å². The first-order valence-electron chi connectivity index (χ1n) is 7.77. The maximum atomic E-state index is 14.5. The van der Waals surface area contributed by atoms with Gasteiger partial charge in [0.25, 0.3) is 0 Å². The molecule has 0 aliphatic heterocycles. The third-order valence-electron chi connectivity index (χ3n) is 4.13. The largest absolute Gasteiger partial charge is 0.383 e. The topological polar surface area (TPSA) is 50.9 Å². The Labute approximate surface area is 145 Å². The fourth-order valence-corrected chi connectivity index (χ4v) is 3.52. The van der Waals surface area contributed by atoms with Gasteiger partial charge >= 0.3 is 0 Å². The molecular formula is C17H23F2N3OS. The Balaban J connectivity index is 2.47. The van der Waals surface area contributed by atoms with Crippen LogP contribution in [0.2, 0.25) is 0 Å². The average molecular weight is 355 g/mol. The van der Waals surface area contributed by atoms with E-state index in [0.717, 1.165) is 12.1 Å². The third-order valence-corrected chi connectivity index (χ3v) is 5.69. The first-order valence-corrected chi connectivity index (χ1v) is 8.82. The summed E-state index contributed by atoms with van der Waals surface area (Å²) in [5.74, 6) is -0.832. The molecule has 0 fully saturated rings. The monoisotopic (exact) mass is 355 g/mol.